The summed E-state index contributed by atoms with van der Waals surface area (Å²) in [5, 5.41) is 10.2. The average Bonchev–Trinajstić information content (AvgIpc) is 3.09. The third-order valence-electron chi connectivity index (χ3n) is 5.18. The highest BCUT2D eigenvalue weighted by Crippen LogP contribution is 2.30. The number of anilines is 1. The van der Waals surface area contributed by atoms with Crippen LogP contribution in [0, 0.1) is 22.7 Å². The number of nitrogens with zero attached hydrogens (tertiary/aromatic N) is 5. The van der Waals surface area contributed by atoms with Crippen LogP contribution in [0.4, 0.5) is 5.82 Å². The van der Waals surface area contributed by atoms with Gasteiger partial charge in [0.15, 0.2) is 0 Å². The van der Waals surface area contributed by atoms with Crippen molar-refractivity contribution in [3.8, 4) is 6.07 Å². The van der Waals surface area contributed by atoms with Crippen LogP contribution in [0.2, 0.25) is 0 Å². The second-order valence-corrected chi connectivity index (χ2v) is 7.37. The van der Waals surface area contributed by atoms with Crippen molar-refractivity contribution in [2.75, 3.05) is 25.0 Å². The molecule has 0 saturated carbocycles. The number of hydrogen-bond acceptors (Lipinski definition) is 5. The lowest BCUT2D eigenvalue weighted by atomic mass is 9.88. The molecule has 0 unspecified atom stereocenters. The van der Waals surface area contributed by atoms with Crippen LogP contribution < -0.4 is 4.90 Å². The van der Waals surface area contributed by atoms with E-state index in [4.69, 9.17) is 0 Å². The molecular weight excluding hydrogens is 316 g/mol. The second kappa shape index (κ2) is 6.36. The molecule has 25 heavy (non-hydrogen) atoms. The lowest BCUT2D eigenvalue weighted by Crippen LogP contribution is -2.55. The Hall–Kier alpha value is -2.62. The number of fused-ring (bicyclic) bond motifs is 1. The van der Waals surface area contributed by atoms with Crippen LogP contribution in [0.1, 0.15) is 27.2 Å². The van der Waals surface area contributed by atoms with Crippen LogP contribution in [0.15, 0.2) is 18.6 Å². The molecule has 7 nitrogen and oxygen atoms in total. The normalized spacial score (nSPS) is 21.2. The summed E-state index contributed by atoms with van der Waals surface area (Å²) in [5.41, 5.74) is -0.189. The molecule has 0 aromatic carbocycles. The predicted molar refractivity (Wildman–Crippen MR) is 95.8 cm³/mol. The first-order valence-corrected chi connectivity index (χ1v) is 8.56. The minimum absolute atomic E-state index is 0.102. The number of piperidine rings is 1. The lowest BCUT2D eigenvalue weighted by Gasteiger charge is -2.43. The van der Waals surface area contributed by atoms with Crippen LogP contribution in [0.25, 0.3) is 11.0 Å². The number of likely N-dealkylation sites (tertiary alicyclic amines) is 1. The molecule has 0 bridgehead atoms. The number of amides is 1. The van der Waals surface area contributed by atoms with Crippen molar-refractivity contribution in [3.05, 3.63) is 18.6 Å². The minimum atomic E-state index is -0.994. The SMILES string of the molecule is C[C@H]1CCN(C(=O)C(C)(C)C#N)C[C@@H]1N(C)c1ncnc2[nH]ccc12. The topological polar surface area (TPSA) is 88.9 Å². The van der Waals surface area contributed by atoms with Gasteiger partial charge >= 0.3 is 0 Å². The number of aromatic amines is 1. The number of likely N-dealkylation sites (N-methyl/N-ethyl adjacent to an activating group) is 1. The smallest absolute Gasteiger partial charge is 0.242 e. The van der Waals surface area contributed by atoms with Crippen LogP contribution in [-0.2, 0) is 4.79 Å². The highest BCUT2D eigenvalue weighted by atomic mass is 16.2. The number of nitrogens with one attached hydrogen (secondary N) is 1. The average molecular weight is 340 g/mol. The second-order valence-electron chi connectivity index (χ2n) is 7.37. The Morgan fingerprint density at radius 2 is 2.24 bits per heavy atom. The monoisotopic (exact) mass is 340 g/mol. The molecule has 1 saturated heterocycles. The van der Waals surface area contributed by atoms with Gasteiger partial charge in [0.1, 0.15) is 23.2 Å². The van der Waals surface area contributed by atoms with E-state index in [0.29, 0.717) is 19.0 Å². The van der Waals surface area contributed by atoms with Gasteiger partial charge in [-0.2, -0.15) is 5.26 Å². The highest BCUT2D eigenvalue weighted by Gasteiger charge is 2.38. The first-order valence-electron chi connectivity index (χ1n) is 8.56. The molecule has 2 atom stereocenters. The fourth-order valence-electron chi connectivity index (χ4n) is 3.48. The van der Waals surface area contributed by atoms with Gasteiger partial charge in [0.2, 0.25) is 5.91 Å². The Morgan fingerprint density at radius 1 is 1.48 bits per heavy atom. The Balaban J connectivity index is 1.86. The van der Waals surface area contributed by atoms with E-state index < -0.39 is 5.41 Å². The van der Waals surface area contributed by atoms with Gasteiger partial charge in [-0.15, -0.1) is 0 Å². The predicted octanol–water partition coefficient (Wildman–Crippen LogP) is 2.18. The number of nitriles is 1. The Labute approximate surface area is 147 Å². The van der Waals surface area contributed by atoms with Crippen molar-refractivity contribution < 1.29 is 4.79 Å². The van der Waals surface area contributed by atoms with Gasteiger partial charge in [0.25, 0.3) is 0 Å². The molecule has 0 aliphatic carbocycles. The molecule has 1 N–H and O–H groups in total. The van der Waals surface area contributed by atoms with E-state index in [2.05, 4.69) is 32.8 Å². The van der Waals surface area contributed by atoms with Gasteiger partial charge in [-0.25, -0.2) is 9.97 Å². The zero-order valence-electron chi connectivity index (χ0n) is 15.2. The van der Waals surface area contributed by atoms with E-state index in [1.807, 2.05) is 24.2 Å². The highest BCUT2D eigenvalue weighted by molar-refractivity contribution is 5.87. The number of aromatic nitrogens is 3. The van der Waals surface area contributed by atoms with Gasteiger partial charge in [0, 0.05) is 26.3 Å². The maximum atomic E-state index is 12.7. The van der Waals surface area contributed by atoms with Gasteiger partial charge in [-0.1, -0.05) is 6.92 Å². The number of carbonyl (C=O) groups excluding carboxylic acids is 1. The van der Waals surface area contributed by atoms with Crippen LogP contribution in [-0.4, -0.2) is 51.9 Å². The van der Waals surface area contributed by atoms with Crippen LogP contribution >= 0.6 is 0 Å². The number of hydrogen-bond donors (Lipinski definition) is 1. The van der Waals surface area contributed by atoms with Gasteiger partial charge in [-0.05, 0) is 32.3 Å². The quantitative estimate of drug-likeness (QED) is 0.925. The third-order valence-corrected chi connectivity index (χ3v) is 5.18. The molecule has 1 fully saturated rings. The number of rotatable bonds is 3. The fraction of sp³-hybridized carbons (Fsp3) is 0.556. The molecule has 1 amide bonds. The zero-order chi connectivity index (χ0) is 18.2. The molecule has 132 valence electrons. The summed E-state index contributed by atoms with van der Waals surface area (Å²) in [5.74, 6) is 1.18. The van der Waals surface area contributed by atoms with Crippen molar-refractivity contribution in [2.24, 2.45) is 11.3 Å². The summed E-state index contributed by atoms with van der Waals surface area (Å²) in [7, 11) is 2.01. The number of carbonyl (C=O) groups is 1. The van der Waals surface area contributed by atoms with Crippen molar-refractivity contribution >= 4 is 22.8 Å². The molecular formula is C18H24N6O. The van der Waals surface area contributed by atoms with Gasteiger partial charge < -0.3 is 14.8 Å². The van der Waals surface area contributed by atoms with E-state index >= 15 is 0 Å². The van der Waals surface area contributed by atoms with Gasteiger partial charge in [-0.3, -0.25) is 4.79 Å². The Morgan fingerprint density at radius 3 is 2.96 bits per heavy atom. The van der Waals surface area contributed by atoms with Crippen LogP contribution in [0.3, 0.4) is 0 Å². The molecule has 0 radical (unpaired) electrons. The molecule has 3 heterocycles. The third kappa shape index (κ3) is 3.04. The molecule has 0 spiro atoms. The van der Waals surface area contributed by atoms with Crippen molar-refractivity contribution in [2.45, 2.75) is 33.2 Å². The largest absolute Gasteiger partial charge is 0.354 e. The summed E-state index contributed by atoms with van der Waals surface area (Å²) in [6, 6.07) is 4.22. The molecule has 1 aliphatic heterocycles. The van der Waals surface area contributed by atoms with E-state index in [-0.39, 0.29) is 11.9 Å². The van der Waals surface area contributed by atoms with Crippen molar-refractivity contribution in [1.29, 1.82) is 5.26 Å². The van der Waals surface area contributed by atoms with E-state index in [9.17, 15) is 10.1 Å². The van der Waals surface area contributed by atoms with Crippen LogP contribution in [0.5, 0.6) is 0 Å². The Bertz CT molecular complexity index is 820. The summed E-state index contributed by atoms with van der Waals surface area (Å²) < 4.78 is 0. The first kappa shape index (κ1) is 17.2. The molecule has 3 rings (SSSR count). The Kier molecular flexibility index (Phi) is 4.38. The molecule has 2 aromatic rings. The van der Waals surface area contributed by atoms with E-state index in [0.717, 1.165) is 23.3 Å². The standard InChI is InChI=1S/C18H24N6O/c1-12-6-8-24(17(25)18(2,3)10-19)9-14(12)23(4)16-13-5-7-20-15(13)21-11-22-16/h5,7,11-12,14H,6,8-9H2,1-4H3,(H,20,21,22)/t12-,14-/m0/s1. The van der Waals surface area contributed by atoms with Crippen molar-refractivity contribution in [3.63, 3.8) is 0 Å². The number of H-pyrrole nitrogens is 1. The van der Waals surface area contributed by atoms with E-state index in [1.54, 1.807) is 20.2 Å². The summed E-state index contributed by atoms with van der Waals surface area (Å²) >= 11 is 0. The lowest BCUT2D eigenvalue weighted by molar-refractivity contribution is -0.139. The molecule has 1 aliphatic rings. The zero-order valence-corrected chi connectivity index (χ0v) is 15.2. The molecule has 2 aromatic heterocycles. The summed E-state index contributed by atoms with van der Waals surface area (Å²) in [6.07, 6.45) is 4.32. The first-order chi connectivity index (χ1) is 11.8. The van der Waals surface area contributed by atoms with Gasteiger partial charge in [0.05, 0.1) is 17.5 Å². The maximum absolute atomic E-state index is 12.7. The maximum Gasteiger partial charge on any atom is 0.242 e. The summed E-state index contributed by atoms with van der Waals surface area (Å²) in [4.78, 5) is 28.5. The molecule has 7 heteroatoms. The summed E-state index contributed by atoms with van der Waals surface area (Å²) in [6.45, 7) is 6.85. The van der Waals surface area contributed by atoms with Crippen molar-refractivity contribution in [1.82, 2.24) is 19.9 Å². The fourth-order valence-corrected chi connectivity index (χ4v) is 3.48. The van der Waals surface area contributed by atoms with E-state index in [1.165, 1.54) is 0 Å². The minimum Gasteiger partial charge on any atom is -0.354 e.